The Labute approximate surface area is 221 Å². The van der Waals surface area contributed by atoms with E-state index in [0.717, 1.165) is 11.3 Å². The number of pyridine rings is 1. The SMILES string of the molecule is C[C@@H]1CN(C(=O)[C@@H]2CN(c3ccc(=O)n(C)n3)C[C@H]2c2ccc(Cl)cn2)C[C@H](C)C1(O)c1ccccc1. The maximum Gasteiger partial charge on any atom is 0.266 e. The maximum atomic E-state index is 14.1. The van der Waals surface area contributed by atoms with Crippen LogP contribution >= 0.6 is 11.6 Å². The molecule has 2 aliphatic rings. The molecule has 0 spiro atoms. The molecular weight excluding hydrogens is 490 g/mol. The van der Waals surface area contributed by atoms with Crippen molar-refractivity contribution in [1.29, 1.82) is 0 Å². The molecule has 2 saturated heterocycles. The van der Waals surface area contributed by atoms with Gasteiger partial charge in [-0.15, -0.1) is 0 Å². The van der Waals surface area contributed by atoms with Gasteiger partial charge in [0.1, 0.15) is 5.82 Å². The van der Waals surface area contributed by atoms with Gasteiger partial charge in [-0.3, -0.25) is 14.6 Å². The number of hydrogen-bond acceptors (Lipinski definition) is 6. The van der Waals surface area contributed by atoms with Gasteiger partial charge in [0.2, 0.25) is 5.91 Å². The molecule has 37 heavy (non-hydrogen) atoms. The molecule has 0 bridgehead atoms. The molecule has 2 aliphatic heterocycles. The summed E-state index contributed by atoms with van der Waals surface area (Å²) >= 11 is 6.09. The lowest BCUT2D eigenvalue weighted by molar-refractivity contribution is -0.152. The predicted octanol–water partition coefficient (Wildman–Crippen LogP) is 3.05. The second kappa shape index (κ2) is 9.91. The normalized spacial score (nSPS) is 27.9. The number of rotatable bonds is 4. The lowest BCUT2D eigenvalue weighted by Gasteiger charge is -2.48. The minimum atomic E-state index is -1.00. The molecule has 0 saturated carbocycles. The summed E-state index contributed by atoms with van der Waals surface area (Å²) in [7, 11) is 1.62. The first-order valence-electron chi connectivity index (χ1n) is 12.7. The summed E-state index contributed by atoms with van der Waals surface area (Å²) in [4.78, 5) is 34.4. The molecule has 3 aromatic rings. The van der Waals surface area contributed by atoms with Crippen LogP contribution in [0.4, 0.5) is 5.82 Å². The van der Waals surface area contributed by atoms with Crippen LogP contribution in [0.15, 0.2) is 65.6 Å². The molecule has 0 radical (unpaired) electrons. The van der Waals surface area contributed by atoms with E-state index in [1.807, 2.05) is 60.0 Å². The van der Waals surface area contributed by atoms with Gasteiger partial charge in [0.25, 0.3) is 5.56 Å². The van der Waals surface area contributed by atoms with Crippen molar-refractivity contribution in [1.82, 2.24) is 19.7 Å². The third kappa shape index (κ3) is 4.64. The minimum absolute atomic E-state index is 0.0443. The number of aliphatic hydroxyl groups is 1. The summed E-state index contributed by atoms with van der Waals surface area (Å²) in [6, 6.07) is 16.6. The van der Waals surface area contributed by atoms with Crippen LogP contribution in [0.3, 0.4) is 0 Å². The third-order valence-corrected chi connectivity index (χ3v) is 8.30. The molecule has 1 amide bonds. The number of halogens is 1. The van der Waals surface area contributed by atoms with Gasteiger partial charge >= 0.3 is 0 Å². The van der Waals surface area contributed by atoms with Crippen molar-refractivity contribution in [3.63, 3.8) is 0 Å². The van der Waals surface area contributed by atoms with Gasteiger partial charge in [-0.05, 0) is 23.8 Å². The fourth-order valence-corrected chi connectivity index (χ4v) is 6.11. The monoisotopic (exact) mass is 521 g/mol. The van der Waals surface area contributed by atoms with Crippen molar-refractivity contribution in [2.75, 3.05) is 31.1 Å². The largest absolute Gasteiger partial charge is 0.384 e. The van der Waals surface area contributed by atoms with Crippen LogP contribution in [0, 0.1) is 17.8 Å². The molecule has 1 unspecified atom stereocenters. The first-order valence-corrected chi connectivity index (χ1v) is 13.0. The zero-order valence-corrected chi connectivity index (χ0v) is 22.0. The smallest absolute Gasteiger partial charge is 0.266 e. The number of carbonyl (C=O) groups is 1. The summed E-state index contributed by atoms with van der Waals surface area (Å²) in [6.45, 7) is 5.95. The zero-order valence-electron chi connectivity index (χ0n) is 21.3. The number of benzene rings is 1. The predicted molar refractivity (Wildman–Crippen MR) is 142 cm³/mol. The van der Waals surface area contributed by atoms with Gasteiger partial charge in [-0.2, -0.15) is 5.10 Å². The number of likely N-dealkylation sites (tertiary alicyclic amines) is 1. The number of aromatic nitrogens is 3. The number of anilines is 1. The molecule has 194 valence electrons. The van der Waals surface area contributed by atoms with Crippen LogP contribution in [0.1, 0.15) is 31.0 Å². The number of carbonyl (C=O) groups excluding carboxylic acids is 1. The van der Waals surface area contributed by atoms with Crippen molar-refractivity contribution in [2.45, 2.75) is 25.4 Å². The number of aryl methyl sites for hydroxylation is 1. The van der Waals surface area contributed by atoms with Crippen LogP contribution in [-0.2, 0) is 17.4 Å². The Balaban J connectivity index is 1.42. The lowest BCUT2D eigenvalue weighted by atomic mass is 9.70. The van der Waals surface area contributed by atoms with Gasteiger partial charge in [-0.25, -0.2) is 4.68 Å². The summed E-state index contributed by atoms with van der Waals surface area (Å²) in [5.74, 6) is -0.104. The Morgan fingerprint density at radius 2 is 1.70 bits per heavy atom. The van der Waals surface area contributed by atoms with Gasteiger partial charge in [0.05, 0.1) is 16.5 Å². The van der Waals surface area contributed by atoms with E-state index in [4.69, 9.17) is 11.6 Å². The van der Waals surface area contributed by atoms with E-state index >= 15 is 0 Å². The third-order valence-electron chi connectivity index (χ3n) is 8.08. The molecule has 8 nitrogen and oxygen atoms in total. The quantitative estimate of drug-likeness (QED) is 0.567. The molecule has 0 aliphatic carbocycles. The molecule has 9 heteroatoms. The number of amides is 1. The molecule has 5 atom stereocenters. The van der Waals surface area contributed by atoms with Gasteiger partial charge in [0.15, 0.2) is 0 Å². The summed E-state index contributed by atoms with van der Waals surface area (Å²) in [6.07, 6.45) is 1.61. The molecule has 2 fully saturated rings. The highest BCUT2D eigenvalue weighted by atomic mass is 35.5. The Morgan fingerprint density at radius 1 is 1.00 bits per heavy atom. The highest BCUT2D eigenvalue weighted by molar-refractivity contribution is 6.30. The fraction of sp³-hybridized carbons (Fsp3) is 0.429. The van der Waals surface area contributed by atoms with Crippen LogP contribution in [0.25, 0.3) is 0 Å². The van der Waals surface area contributed by atoms with E-state index in [9.17, 15) is 14.7 Å². The average molecular weight is 522 g/mol. The Hall–Kier alpha value is -3.23. The van der Waals surface area contributed by atoms with Crippen LogP contribution in [-0.4, -0.2) is 56.9 Å². The highest BCUT2D eigenvalue weighted by Gasteiger charge is 2.49. The van der Waals surface area contributed by atoms with Crippen molar-refractivity contribution >= 4 is 23.3 Å². The second-order valence-corrected chi connectivity index (χ2v) is 10.8. The zero-order chi connectivity index (χ0) is 26.3. The van der Waals surface area contributed by atoms with E-state index in [-0.39, 0.29) is 35.1 Å². The molecule has 1 N–H and O–H groups in total. The second-order valence-electron chi connectivity index (χ2n) is 10.4. The summed E-state index contributed by atoms with van der Waals surface area (Å²) in [5.41, 5.74) is 0.496. The van der Waals surface area contributed by atoms with E-state index in [0.29, 0.717) is 37.0 Å². The van der Waals surface area contributed by atoms with Gasteiger partial charge in [-0.1, -0.05) is 55.8 Å². The van der Waals surface area contributed by atoms with Crippen molar-refractivity contribution < 1.29 is 9.90 Å². The van der Waals surface area contributed by atoms with Gasteiger partial charge < -0.3 is 14.9 Å². The Morgan fingerprint density at radius 3 is 2.32 bits per heavy atom. The standard InChI is InChI=1S/C28H32ClN5O3/c1-18-14-34(15-19(2)28(18,37)20-7-5-4-6-8-20)27(36)23-17-33(25-11-12-26(35)32(3)31-25)16-22(23)24-10-9-21(29)13-30-24/h4-13,18-19,22-23,37H,14-17H2,1-3H3/t18-,19+,22-,23-,28?/m1/s1. The fourth-order valence-electron chi connectivity index (χ4n) is 5.99. The van der Waals surface area contributed by atoms with Gasteiger partial charge in [0, 0.05) is 68.9 Å². The molecular formula is C28H32ClN5O3. The van der Waals surface area contributed by atoms with Crippen LogP contribution < -0.4 is 10.5 Å². The van der Waals surface area contributed by atoms with Crippen LogP contribution in [0.2, 0.25) is 5.02 Å². The van der Waals surface area contributed by atoms with Crippen molar-refractivity contribution in [3.8, 4) is 0 Å². The number of hydrogen-bond donors (Lipinski definition) is 1. The Kier molecular flexibility index (Phi) is 6.81. The van der Waals surface area contributed by atoms with Crippen molar-refractivity contribution in [3.05, 3.63) is 87.4 Å². The molecule has 2 aromatic heterocycles. The highest BCUT2D eigenvalue weighted by Crippen LogP contribution is 2.43. The summed E-state index contributed by atoms with van der Waals surface area (Å²) in [5, 5.41) is 16.7. The number of nitrogens with zero attached hydrogens (tertiary/aromatic N) is 5. The topological polar surface area (TPSA) is 91.6 Å². The van der Waals surface area contributed by atoms with E-state index in [1.165, 1.54) is 10.7 Å². The van der Waals surface area contributed by atoms with Crippen molar-refractivity contribution in [2.24, 2.45) is 24.8 Å². The Bertz CT molecular complexity index is 1320. The number of piperidine rings is 1. The first-order chi connectivity index (χ1) is 17.7. The van der Waals surface area contributed by atoms with E-state index in [2.05, 4.69) is 10.1 Å². The first kappa shape index (κ1) is 25.4. The van der Waals surface area contributed by atoms with E-state index < -0.39 is 5.60 Å². The molecule has 5 rings (SSSR count). The lowest BCUT2D eigenvalue weighted by Crippen LogP contribution is -2.57. The average Bonchev–Trinajstić information content (AvgIpc) is 3.34. The molecule has 1 aromatic carbocycles. The van der Waals surface area contributed by atoms with E-state index in [1.54, 1.807) is 25.4 Å². The minimum Gasteiger partial charge on any atom is -0.384 e. The summed E-state index contributed by atoms with van der Waals surface area (Å²) < 4.78 is 1.30. The maximum absolute atomic E-state index is 14.1. The van der Waals surface area contributed by atoms with Crippen LogP contribution in [0.5, 0.6) is 0 Å². The molecule has 4 heterocycles.